The molecule has 3 nitrogen and oxygen atoms in total. The second-order valence-corrected chi connectivity index (χ2v) is 3.26. The van der Waals surface area contributed by atoms with Crippen molar-refractivity contribution in [2.24, 2.45) is 0 Å². The molecule has 0 aliphatic carbocycles. The molecule has 0 aliphatic rings. The van der Waals surface area contributed by atoms with Crippen molar-refractivity contribution < 1.29 is 9.84 Å². The molecule has 0 aliphatic heterocycles. The van der Waals surface area contributed by atoms with Crippen LogP contribution in [-0.4, -0.2) is 49.5 Å². The molecule has 0 fully saturated rings. The average molecular weight is 191 g/mol. The molecule has 82 valence electrons. The summed E-state index contributed by atoms with van der Waals surface area (Å²) in [6, 6.07) is 0. The van der Waals surface area contributed by atoms with Crippen LogP contribution in [0.15, 0.2) is 0 Å². The summed E-state index contributed by atoms with van der Waals surface area (Å²) in [6.45, 7) is 9.82. The number of likely N-dealkylation sites (N-methyl/N-ethyl adjacent to an activating group) is 1. The van der Waals surface area contributed by atoms with Gasteiger partial charge in [0.25, 0.3) is 0 Å². The van der Waals surface area contributed by atoms with Gasteiger partial charge in [0.2, 0.25) is 0 Å². The van der Waals surface area contributed by atoms with E-state index in [0.717, 1.165) is 6.54 Å². The Morgan fingerprint density at radius 3 is 2.15 bits per heavy atom. The van der Waals surface area contributed by atoms with Gasteiger partial charge in [0.1, 0.15) is 0 Å². The number of aliphatic hydroxyl groups is 1. The summed E-state index contributed by atoms with van der Waals surface area (Å²) in [6.07, 6.45) is 0. The third kappa shape index (κ3) is 9.80. The number of ether oxygens (including phenoxy) is 1. The molecule has 0 aromatic heterocycles. The predicted molar refractivity (Wildman–Crippen MR) is 57.0 cm³/mol. The van der Waals surface area contributed by atoms with Crippen LogP contribution in [0.4, 0.5) is 0 Å². The van der Waals surface area contributed by atoms with Crippen LogP contribution in [0.5, 0.6) is 0 Å². The van der Waals surface area contributed by atoms with Crippen LogP contribution >= 0.6 is 0 Å². The fraction of sp³-hybridized carbons (Fsp3) is 1.00. The van der Waals surface area contributed by atoms with Gasteiger partial charge in [-0.3, -0.25) is 0 Å². The molecule has 3 heteroatoms. The summed E-state index contributed by atoms with van der Waals surface area (Å²) in [5.74, 6) is 0. The van der Waals surface area contributed by atoms with Gasteiger partial charge in [-0.1, -0.05) is 20.8 Å². The highest BCUT2D eigenvalue weighted by Crippen LogP contribution is 2.04. The Morgan fingerprint density at radius 2 is 1.85 bits per heavy atom. The Morgan fingerprint density at radius 1 is 1.38 bits per heavy atom. The van der Waals surface area contributed by atoms with Gasteiger partial charge in [0.15, 0.2) is 0 Å². The molecule has 0 radical (unpaired) electrons. The summed E-state index contributed by atoms with van der Waals surface area (Å²) in [5, 5.41) is 9.65. The van der Waals surface area contributed by atoms with Gasteiger partial charge in [-0.2, -0.15) is 0 Å². The molecule has 1 unspecified atom stereocenters. The molecule has 1 atom stereocenters. The zero-order chi connectivity index (χ0) is 10.9. The highest BCUT2D eigenvalue weighted by molar-refractivity contribution is 4.74. The first-order valence-electron chi connectivity index (χ1n) is 4.91. The van der Waals surface area contributed by atoms with Crippen LogP contribution in [-0.2, 0) is 4.74 Å². The first kappa shape index (κ1) is 15.4. The van der Waals surface area contributed by atoms with E-state index in [0.29, 0.717) is 13.2 Å². The molecule has 0 aromatic carbocycles. The van der Waals surface area contributed by atoms with E-state index in [2.05, 4.69) is 11.8 Å². The van der Waals surface area contributed by atoms with Crippen molar-refractivity contribution in [2.45, 2.75) is 33.3 Å². The van der Waals surface area contributed by atoms with Crippen molar-refractivity contribution in [3.63, 3.8) is 0 Å². The van der Waals surface area contributed by atoms with Crippen LogP contribution in [0.25, 0.3) is 0 Å². The third-order valence-corrected chi connectivity index (χ3v) is 1.61. The van der Waals surface area contributed by atoms with E-state index in [-0.39, 0.29) is 0 Å². The molecule has 0 rings (SSSR count). The van der Waals surface area contributed by atoms with E-state index < -0.39 is 5.60 Å². The maximum absolute atomic E-state index is 9.65. The lowest BCUT2D eigenvalue weighted by molar-refractivity contribution is -0.0347. The Hall–Kier alpha value is -0.120. The molecular formula is C10H25NO2. The van der Waals surface area contributed by atoms with Crippen molar-refractivity contribution in [1.29, 1.82) is 0 Å². The maximum Gasteiger partial charge on any atom is 0.0977 e. The summed E-state index contributed by atoms with van der Waals surface area (Å²) in [7, 11) is 3.57. The fourth-order valence-electron chi connectivity index (χ4n) is 1.05. The summed E-state index contributed by atoms with van der Waals surface area (Å²) in [4.78, 5) is 2.05. The molecular weight excluding hydrogens is 166 g/mol. The second kappa shape index (κ2) is 8.48. The number of methoxy groups -OCH3 is 1. The van der Waals surface area contributed by atoms with Crippen molar-refractivity contribution >= 4 is 0 Å². The predicted octanol–water partition coefficient (Wildman–Crippen LogP) is 1.36. The molecule has 0 bridgehead atoms. The molecule has 13 heavy (non-hydrogen) atoms. The van der Waals surface area contributed by atoms with Gasteiger partial charge in [0.05, 0.1) is 12.2 Å². The minimum absolute atomic E-state index is 0.386. The second-order valence-electron chi connectivity index (χ2n) is 3.26. The first-order valence-corrected chi connectivity index (χ1v) is 4.91. The highest BCUT2D eigenvalue weighted by Gasteiger charge is 2.21. The zero-order valence-corrected chi connectivity index (χ0v) is 9.92. The van der Waals surface area contributed by atoms with E-state index in [9.17, 15) is 5.11 Å². The number of rotatable bonds is 5. The minimum Gasteiger partial charge on any atom is -0.386 e. The number of nitrogens with zero attached hydrogens (tertiary/aromatic N) is 1. The Bertz CT molecular complexity index is 105. The summed E-state index contributed by atoms with van der Waals surface area (Å²) in [5.41, 5.74) is -0.723. The third-order valence-electron chi connectivity index (χ3n) is 1.61. The minimum atomic E-state index is -0.723. The van der Waals surface area contributed by atoms with Crippen molar-refractivity contribution in [1.82, 2.24) is 4.90 Å². The Kier molecular flexibility index (Phi) is 10.0. The molecule has 0 aromatic rings. The molecule has 1 N–H and O–H groups in total. The van der Waals surface area contributed by atoms with Gasteiger partial charge >= 0.3 is 0 Å². The summed E-state index contributed by atoms with van der Waals surface area (Å²) >= 11 is 0. The molecule has 0 amide bonds. The van der Waals surface area contributed by atoms with Crippen LogP contribution in [0.3, 0.4) is 0 Å². The van der Waals surface area contributed by atoms with E-state index in [1.54, 1.807) is 14.0 Å². The van der Waals surface area contributed by atoms with Gasteiger partial charge in [-0.05, 0) is 20.5 Å². The molecule has 0 heterocycles. The van der Waals surface area contributed by atoms with Gasteiger partial charge in [-0.25, -0.2) is 0 Å². The normalized spacial score (nSPS) is 14.8. The number of hydrogen-bond acceptors (Lipinski definition) is 3. The standard InChI is InChI=1S/C8H19NO2.C2H6/c1-5-9(3)6-8(2,10)7-11-4;1-2/h10H,5-7H2,1-4H3;1-2H3. The SMILES string of the molecule is CC.CCN(C)CC(C)(O)COC. The van der Waals surface area contributed by atoms with E-state index in [4.69, 9.17) is 4.74 Å². The fourth-order valence-corrected chi connectivity index (χ4v) is 1.05. The van der Waals surface area contributed by atoms with Crippen LogP contribution in [0, 0.1) is 0 Å². The van der Waals surface area contributed by atoms with Crippen molar-refractivity contribution in [3.8, 4) is 0 Å². The lowest BCUT2D eigenvalue weighted by atomic mass is 10.1. The quantitative estimate of drug-likeness (QED) is 0.712. The van der Waals surface area contributed by atoms with E-state index in [1.807, 2.05) is 20.9 Å². The van der Waals surface area contributed by atoms with Crippen molar-refractivity contribution in [3.05, 3.63) is 0 Å². The molecule has 0 saturated heterocycles. The smallest absolute Gasteiger partial charge is 0.0977 e. The lowest BCUT2D eigenvalue weighted by Gasteiger charge is -2.27. The number of hydrogen-bond donors (Lipinski definition) is 1. The van der Waals surface area contributed by atoms with Gasteiger partial charge in [-0.15, -0.1) is 0 Å². The maximum atomic E-state index is 9.65. The first-order chi connectivity index (χ1) is 6.02. The summed E-state index contributed by atoms with van der Waals surface area (Å²) < 4.78 is 4.88. The molecule has 0 spiro atoms. The average Bonchev–Trinajstić information content (AvgIpc) is 2.07. The monoisotopic (exact) mass is 191 g/mol. The van der Waals surface area contributed by atoms with E-state index in [1.165, 1.54) is 0 Å². The van der Waals surface area contributed by atoms with Crippen molar-refractivity contribution in [2.75, 3.05) is 33.9 Å². The lowest BCUT2D eigenvalue weighted by Crippen LogP contribution is -2.42. The van der Waals surface area contributed by atoms with Crippen LogP contribution in [0.1, 0.15) is 27.7 Å². The Labute approximate surface area is 82.7 Å². The molecule has 0 saturated carbocycles. The van der Waals surface area contributed by atoms with Crippen LogP contribution < -0.4 is 0 Å². The zero-order valence-electron chi connectivity index (χ0n) is 9.92. The topological polar surface area (TPSA) is 32.7 Å². The Balaban J connectivity index is 0. The van der Waals surface area contributed by atoms with Crippen LogP contribution in [0.2, 0.25) is 0 Å². The highest BCUT2D eigenvalue weighted by atomic mass is 16.5. The largest absolute Gasteiger partial charge is 0.386 e. The van der Waals surface area contributed by atoms with Gasteiger partial charge < -0.3 is 14.7 Å². The van der Waals surface area contributed by atoms with E-state index >= 15 is 0 Å². The van der Waals surface area contributed by atoms with Gasteiger partial charge in [0, 0.05) is 13.7 Å².